The van der Waals surface area contributed by atoms with Crippen molar-refractivity contribution in [2.45, 2.75) is 50.5 Å². The van der Waals surface area contributed by atoms with Crippen LogP contribution in [-0.2, 0) is 17.6 Å². The zero-order chi connectivity index (χ0) is 14.0. The molecule has 0 aliphatic heterocycles. The van der Waals surface area contributed by atoms with E-state index in [1.807, 2.05) is 0 Å². The molecule has 1 fully saturated rings. The molecule has 1 aromatic carbocycles. The summed E-state index contributed by atoms with van der Waals surface area (Å²) in [4.78, 5) is 12.6. The number of alkyl halides is 1. The van der Waals surface area contributed by atoms with Gasteiger partial charge in [0, 0.05) is 16.8 Å². The second-order valence-electron chi connectivity index (χ2n) is 6.32. The lowest BCUT2D eigenvalue weighted by Gasteiger charge is -2.32. The highest BCUT2D eigenvalue weighted by molar-refractivity contribution is 9.09. The van der Waals surface area contributed by atoms with Crippen molar-refractivity contribution >= 4 is 21.8 Å². The van der Waals surface area contributed by atoms with E-state index >= 15 is 0 Å². The van der Waals surface area contributed by atoms with Crippen LogP contribution in [0.25, 0.3) is 0 Å². The Kier molecular flexibility index (Phi) is 4.16. The first-order chi connectivity index (χ1) is 9.72. The van der Waals surface area contributed by atoms with Crippen molar-refractivity contribution in [1.82, 2.24) is 5.32 Å². The highest BCUT2D eigenvalue weighted by atomic mass is 79.9. The van der Waals surface area contributed by atoms with Crippen LogP contribution in [-0.4, -0.2) is 16.8 Å². The molecule has 3 heteroatoms. The van der Waals surface area contributed by atoms with E-state index in [1.54, 1.807) is 0 Å². The van der Waals surface area contributed by atoms with Gasteiger partial charge in [-0.1, -0.05) is 53.0 Å². The molecule has 1 N–H and O–H groups in total. The van der Waals surface area contributed by atoms with Crippen molar-refractivity contribution in [2.24, 2.45) is 5.92 Å². The van der Waals surface area contributed by atoms with Crippen LogP contribution in [0.2, 0.25) is 0 Å². The normalized spacial score (nSPS) is 24.1. The zero-order valence-corrected chi connectivity index (χ0v) is 13.4. The summed E-state index contributed by atoms with van der Waals surface area (Å²) in [5, 5.41) is 4.24. The van der Waals surface area contributed by atoms with Gasteiger partial charge in [-0.3, -0.25) is 4.79 Å². The summed E-state index contributed by atoms with van der Waals surface area (Å²) < 4.78 is 0. The third-order valence-electron chi connectivity index (χ3n) is 4.92. The summed E-state index contributed by atoms with van der Waals surface area (Å²) in [5.41, 5.74) is 2.81. The van der Waals surface area contributed by atoms with Gasteiger partial charge >= 0.3 is 0 Å². The van der Waals surface area contributed by atoms with Crippen molar-refractivity contribution < 1.29 is 4.79 Å². The van der Waals surface area contributed by atoms with Crippen molar-refractivity contribution in [2.75, 3.05) is 5.33 Å². The fourth-order valence-corrected chi connectivity index (χ4v) is 4.33. The lowest BCUT2D eigenvalue weighted by Crippen LogP contribution is -2.50. The number of nitrogens with one attached hydrogen (secondary N) is 1. The van der Waals surface area contributed by atoms with Gasteiger partial charge in [-0.2, -0.15) is 0 Å². The van der Waals surface area contributed by atoms with Crippen LogP contribution in [0.15, 0.2) is 24.3 Å². The number of carbonyl (C=O) groups is 1. The maximum Gasteiger partial charge on any atom is 0.223 e. The number of halogens is 1. The molecule has 2 nitrogen and oxygen atoms in total. The Morgan fingerprint density at radius 3 is 2.65 bits per heavy atom. The van der Waals surface area contributed by atoms with Gasteiger partial charge in [-0.05, 0) is 43.2 Å². The standard InChI is InChI=1S/C17H22BrNO/c18-12-17(9-3-4-10-17)19-16(20)15-8-7-13-5-1-2-6-14(13)11-15/h1-2,5-6,15H,3-4,7-12H2,(H,19,20). The van der Waals surface area contributed by atoms with Gasteiger partial charge in [0.05, 0.1) is 0 Å². The largest absolute Gasteiger partial charge is 0.350 e. The molecule has 1 atom stereocenters. The highest BCUT2D eigenvalue weighted by Gasteiger charge is 2.36. The fraction of sp³-hybridized carbons (Fsp3) is 0.588. The number of fused-ring (bicyclic) bond motifs is 1. The van der Waals surface area contributed by atoms with E-state index in [0.29, 0.717) is 0 Å². The van der Waals surface area contributed by atoms with Crippen LogP contribution in [0.4, 0.5) is 0 Å². The van der Waals surface area contributed by atoms with E-state index < -0.39 is 0 Å². The fourth-order valence-electron chi connectivity index (χ4n) is 3.63. The van der Waals surface area contributed by atoms with Gasteiger partial charge in [0.15, 0.2) is 0 Å². The minimum absolute atomic E-state index is 0.0219. The molecule has 0 spiro atoms. The van der Waals surface area contributed by atoms with Gasteiger partial charge in [0.25, 0.3) is 0 Å². The first kappa shape index (κ1) is 14.1. The van der Waals surface area contributed by atoms with E-state index in [2.05, 4.69) is 45.5 Å². The van der Waals surface area contributed by atoms with E-state index in [-0.39, 0.29) is 17.4 Å². The number of hydrogen-bond donors (Lipinski definition) is 1. The monoisotopic (exact) mass is 335 g/mol. The second-order valence-corrected chi connectivity index (χ2v) is 6.88. The van der Waals surface area contributed by atoms with E-state index in [0.717, 1.165) is 37.4 Å². The molecule has 0 heterocycles. The van der Waals surface area contributed by atoms with Crippen molar-refractivity contribution in [3.63, 3.8) is 0 Å². The SMILES string of the molecule is O=C(NC1(CBr)CCCC1)C1CCc2ccccc2C1. The molecule has 1 unspecified atom stereocenters. The van der Waals surface area contributed by atoms with Gasteiger partial charge < -0.3 is 5.32 Å². The topological polar surface area (TPSA) is 29.1 Å². The van der Waals surface area contributed by atoms with Gasteiger partial charge in [-0.15, -0.1) is 0 Å². The molecule has 0 aromatic heterocycles. The summed E-state index contributed by atoms with van der Waals surface area (Å²) in [6.07, 6.45) is 7.64. The van der Waals surface area contributed by atoms with E-state index in [9.17, 15) is 4.79 Å². The molecule has 2 aliphatic carbocycles. The molecule has 3 rings (SSSR count). The van der Waals surface area contributed by atoms with E-state index in [1.165, 1.54) is 24.0 Å². The zero-order valence-electron chi connectivity index (χ0n) is 11.8. The Bertz CT molecular complexity index is 494. The summed E-state index contributed by atoms with van der Waals surface area (Å²) in [5.74, 6) is 0.419. The van der Waals surface area contributed by atoms with Crippen molar-refractivity contribution in [1.29, 1.82) is 0 Å². The summed E-state index contributed by atoms with van der Waals surface area (Å²) in [6.45, 7) is 0. The Balaban J connectivity index is 1.67. The van der Waals surface area contributed by atoms with Crippen LogP contribution in [0.3, 0.4) is 0 Å². The molecule has 0 saturated heterocycles. The Labute approximate surface area is 129 Å². The first-order valence-electron chi connectivity index (χ1n) is 7.67. The average molecular weight is 336 g/mol. The molecule has 1 amide bonds. The minimum Gasteiger partial charge on any atom is -0.350 e. The smallest absolute Gasteiger partial charge is 0.223 e. The molecule has 1 aromatic rings. The third kappa shape index (κ3) is 2.78. The van der Waals surface area contributed by atoms with Crippen LogP contribution >= 0.6 is 15.9 Å². The maximum absolute atomic E-state index is 12.6. The number of aryl methyl sites for hydroxylation is 1. The maximum atomic E-state index is 12.6. The predicted molar refractivity (Wildman–Crippen MR) is 85.1 cm³/mol. The molecule has 0 bridgehead atoms. The molecule has 1 saturated carbocycles. The summed E-state index contributed by atoms with van der Waals surface area (Å²) in [6, 6.07) is 8.54. The average Bonchev–Trinajstić information content (AvgIpc) is 2.96. The molecular formula is C17H22BrNO. The van der Waals surface area contributed by atoms with Gasteiger partial charge in [0.1, 0.15) is 0 Å². The quantitative estimate of drug-likeness (QED) is 0.840. The first-order valence-corrected chi connectivity index (χ1v) is 8.79. The summed E-state index contributed by atoms with van der Waals surface area (Å²) >= 11 is 3.60. The van der Waals surface area contributed by atoms with E-state index in [4.69, 9.17) is 0 Å². The number of benzene rings is 1. The Hall–Kier alpha value is -0.830. The minimum atomic E-state index is 0.0219. The van der Waals surface area contributed by atoms with Crippen LogP contribution in [0.1, 0.15) is 43.2 Å². The highest BCUT2D eigenvalue weighted by Crippen LogP contribution is 2.33. The van der Waals surface area contributed by atoms with Crippen LogP contribution in [0, 0.1) is 5.92 Å². The molecule has 108 valence electrons. The lowest BCUT2D eigenvalue weighted by atomic mass is 9.83. The Morgan fingerprint density at radius 2 is 1.95 bits per heavy atom. The molecule has 2 aliphatic rings. The van der Waals surface area contributed by atoms with Gasteiger partial charge in [0.2, 0.25) is 5.91 Å². The molecular weight excluding hydrogens is 314 g/mol. The predicted octanol–water partition coefficient (Wildman–Crippen LogP) is 3.62. The Morgan fingerprint density at radius 1 is 1.25 bits per heavy atom. The lowest BCUT2D eigenvalue weighted by molar-refractivity contribution is -0.127. The third-order valence-corrected chi connectivity index (χ3v) is 6.00. The number of amides is 1. The van der Waals surface area contributed by atoms with Crippen molar-refractivity contribution in [3.05, 3.63) is 35.4 Å². The number of carbonyl (C=O) groups excluding carboxylic acids is 1. The van der Waals surface area contributed by atoms with Crippen molar-refractivity contribution in [3.8, 4) is 0 Å². The number of rotatable bonds is 3. The van der Waals surface area contributed by atoms with Gasteiger partial charge in [-0.25, -0.2) is 0 Å². The molecule has 20 heavy (non-hydrogen) atoms. The summed E-state index contributed by atoms with van der Waals surface area (Å²) in [7, 11) is 0. The molecule has 0 radical (unpaired) electrons. The van der Waals surface area contributed by atoms with Crippen LogP contribution in [0.5, 0.6) is 0 Å². The second kappa shape index (κ2) is 5.88. The number of hydrogen-bond acceptors (Lipinski definition) is 1. The van der Waals surface area contributed by atoms with Crippen LogP contribution < -0.4 is 5.32 Å².